The van der Waals surface area contributed by atoms with Crippen LogP contribution in [0.4, 0.5) is 4.79 Å². The summed E-state index contributed by atoms with van der Waals surface area (Å²) < 4.78 is 26.9. The zero-order chi connectivity index (χ0) is 24.8. The molecular weight excluding hydrogens is 462 g/mol. The number of fused-ring (bicyclic) bond motifs is 2. The fourth-order valence-corrected chi connectivity index (χ4v) is 5.55. The Kier molecular flexibility index (Phi) is 9.24. The van der Waals surface area contributed by atoms with Crippen LogP contribution in [0, 0.1) is 41.4 Å². The topological polar surface area (TPSA) is 156 Å². The molecule has 4 rings (SSSR count). The van der Waals surface area contributed by atoms with Gasteiger partial charge < -0.3 is 49.4 Å². The Hall–Kier alpha value is -1.49. The first-order valence-electron chi connectivity index (χ1n) is 12.5. The van der Waals surface area contributed by atoms with Gasteiger partial charge in [-0.1, -0.05) is 0 Å². The van der Waals surface area contributed by atoms with Crippen LogP contribution in [0.2, 0.25) is 0 Å². The van der Waals surface area contributed by atoms with Gasteiger partial charge in [0.2, 0.25) is 0 Å². The average Bonchev–Trinajstić information content (AvgIpc) is 3.43. The molecule has 0 aromatic heterocycles. The molecule has 1 saturated heterocycles. The van der Waals surface area contributed by atoms with Crippen molar-refractivity contribution in [2.75, 3.05) is 52.8 Å². The number of aliphatic hydroxyl groups excluding tert-OH is 3. The molecule has 4 aliphatic rings. The van der Waals surface area contributed by atoms with Crippen LogP contribution in [0.25, 0.3) is 0 Å². The summed E-state index contributed by atoms with van der Waals surface area (Å²) >= 11 is 0. The normalized spacial score (nSPS) is 39.2. The summed E-state index contributed by atoms with van der Waals surface area (Å²) in [7, 11) is 0. The number of ether oxygens (including phenoxy) is 5. The Morgan fingerprint density at radius 1 is 1.00 bits per heavy atom. The first-order valence-corrected chi connectivity index (χ1v) is 12.5. The quantitative estimate of drug-likeness (QED) is 0.161. The van der Waals surface area contributed by atoms with Crippen LogP contribution >= 0.6 is 0 Å². The molecule has 2 saturated carbocycles. The second kappa shape index (κ2) is 12.2. The van der Waals surface area contributed by atoms with Gasteiger partial charge in [-0.15, -0.1) is 11.8 Å². The molecule has 0 aromatic rings. The molecule has 0 radical (unpaired) electrons. The maximum Gasteiger partial charge on any atom is 0.407 e. The van der Waals surface area contributed by atoms with E-state index in [-0.39, 0.29) is 13.2 Å². The maximum atomic E-state index is 11.9. The minimum atomic E-state index is -1.78. The van der Waals surface area contributed by atoms with E-state index in [1.165, 1.54) is 0 Å². The fourth-order valence-electron chi connectivity index (χ4n) is 5.55. The van der Waals surface area contributed by atoms with Crippen molar-refractivity contribution in [1.82, 2.24) is 5.32 Å². The monoisotopic (exact) mass is 499 g/mol. The first kappa shape index (κ1) is 26.6. The number of alkyl carbamates (subject to hydrolysis) is 1. The standard InChI is InChI=1S/C24H37NO10/c26-13-18-20(27)21(28)19-22(35-24(18,19)30)33-12-11-32-10-9-31-8-7-25-23(29)34-14-17-15-5-3-1-2-4-6-16(15)17/h15-22,26-28,30H,3-14H2,(H,25,29)/t15-,16+,17?,18?,19?,20?,21?,22?,24?. The van der Waals surface area contributed by atoms with Gasteiger partial charge >= 0.3 is 6.09 Å². The lowest BCUT2D eigenvalue weighted by Crippen LogP contribution is -2.63. The van der Waals surface area contributed by atoms with Crippen molar-refractivity contribution in [3.63, 3.8) is 0 Å². The SMILES string of the molecule is O=C(NCCOCCOCCOC1OC2(O)C(CO)C(O)C(O)C12)OCC1[C@H]2CCC#CCC[C@@H]12. The van der Waals surface area contributed by atoms with Crippen LogP contribution in [0.3, 0.4) is 0 Å². The summed E-state index contributed by atoms with van der Waals surface area (Å²) in [6, 6.07) is 0. The second-order valence-electron chi connectivity index (χ2n) is 9.58. The molecule has 3 aliphatic carbocycles. The van der Waals surface area contributed by atoms with Gasteiger partial charge in [0.1, 0.15) is 0 Å². The number of rotatable bonds is 13. The molecule has 0 aromatic carbocycles. The number of hydrogen-bond acceptors (Lipinski definition) is 10. The van der Waals surface area contributed by atoms with Crippen molar-refractivity contribution in [3.8, 4) is 11.8 Å². The summed E-state index contributed by atoms with van der Waals surface area (Å²) in [5.74, 6) is 4.54. The van der Waals surface area contributed by atoms with Crippen LogP contribution < -0.4 is 5.32 Å². The van der Waals surface area contributed by atoms with E-state index in [1.807, 2.05) is 0 Å². The molecule has 1 aliphatic heterocycles. The maximum absolute atomic E-state index is 11.9. The third kappa shape index (κ3) is 6.09. The number of carbonyl (C=O) groups is 1. The van der Waals surface area contributed by atoms with Gasteiger partial charge in [-0.3, -0.25) is 0 Å². The van der Waals surface area contributed by atoms with Gasteiger partial charge in [-0.25, -0.2) is 4.79 Å². The highest BCUT2D eigenvalue weighted by Crippen LogP contribution is 2.53. The summed E-state index contributed by atoms with van der Waals surface area (Å²) in [5, 5.41) is 42.3. The van der Waals surface area contributed by atoms with E-state index in [2.05, 4.69) is 17.2 Å². The molecule has 5 N–H and O–H groups in total. The Bertz CT molecular complexity index is 753. The predicted molar refractivity (Wildman–Crippen MR) is 120 cm³/mol. The molecule has 1 amide bonds. The molecule has 1 heterocycles. The minimum absolute atomic E-state index is 0.160. The number of carbonyl (C=O) groups excluding carboxylic acids is 1. The summed E-state index contributed by atoms with van der Waals surface area (Å²) in [5.41, 5.74) is 0. The molecule has 7 unspecified atom stereocenters. The summed E-state index contributed by atoms with van der Waals surface area (Å²) in [4.78, 5) is 11.9. The number of nitrogens with one attached hydrogen (secondary N) is 1. The van der Waals surface area contributed by atoms with E-state index in [9.17, 15) is 25.2 Å². The van der Waals surface area contributed by atoms with E-state index < -0.39 is 48.8 Å². The van der Waals surface area contributed by atoms with Crippen molar-refractivity contribution in [3.05, 3.63) is 0 Å². The highest BCUT2D eigenvalue weighted by Gasteiger charge is 2.71. The highest BCUT2D eigenvalue weighted by atomic mass is 16.8. The second-order valence-corrected chi connectivity index (χ2v) is 9.58. The van der Waals surface area contributed by atoms with Crippen LogP contribution in [-0.2, 0) is 23.7 Å². The van der Waals surface area contributed by atoms with Crippen molar-refractivity contribution < 1.29 is 48.9 Å². The van der Waals surface area contributed by atoms with Gasteiger partial charge in [0.15, 0.2) is 12.1 Å². The highest BCUT2D eigenvalue weighted by molar-refractivity contribution is 5.67. The van der Waals surface area contributed by atoms with E-state index in [0.717, 1.165) is 25.7 Å². The summed E-state index contributed by atoms with van der Waals surface area (Å²) in [6.07, 6.45) is 0.278. The Labute approximate surface area is 205 Å². The van der Waals surface area contributed by atoms with Gasteiger partial charge in [-0.2, -0.15) is 0 Å². The largest absolute Gasteiger partial charge is 0.449 e. The molecule has 9 atom stereocenters. The van der Waals surface area contributed by atoms with Gasteiger partial charge in [0.25, 0.3) is 0 Å². The van der Waals surface area contributed by atoms with E-state index >= 15 is 0 Å². The van der Waals surface area contributed by atoms with E-state index in [4.69, 9.17) is 23.7 Å². The molecule has 198 valence electrons. The lowest BCUT2D eigenvalue weighted by atomic mass is 9.89. The van der Waals surface area contributed by atoms with Crippen molar-refractivity contribution in [2.24, 2.45) is 29.6 Å². The van der Waals surface area contributed by atoms with Gasteiger partial charge in [0, 0.05) is 19.4 Å². The average molecular weight is 500 g/mol. The molecule has 3 fully saturated rings. The van der Waals surface area contributed by atoms with E-state index in [0.29, 0.717) is 50.7 Å². The van der Waals surface area contributed by atoms with Crippen LogP contribution in [-0.4, -0.2) is 104 Å². The third-order valence-electron chi connectivity index (χ3n) is 7.58. The van der Waals surface area contributed by atoms with Crippen molar-refractivity contribution >= 4 is 6.09 Å². The molecule has 0 spiro atoms. The van der Waals surface area contributed by atoms with Gasteiger partial charge in [-0.05, 0) is 30.6 Å². The first-order chi connectivity index (χ1) is 17.0. The predicted octanol–water partition coefficient (Wildman–Crippen LogP) is -0.793. The summed E-state index contributed by atoms with van der Waals surface area (Å²) in [6.45, 7) is 1.72. The minimum Gasteiger partial charge on any atom is -0.449 e. The molecule has 11 nitrogen and oxygen atoms in total. The number of amides is 1. The Morgan fingerprint density at radius 3 is 2.34 bits per heavy atom. The number of aliphatic hydroxyl groups is 4. The Balaban J connectivity index is 0.950. The number of hydrogen-bond donors (Lipinski definition) is 5. The van der Waals surface area contributed by atoms with E-state index in [1.54, 1.807) is 0 Å². The third-order valence-corrected chi connectivity index (χ3v) is 7.58. The zero-order valence-electron chi connectivity index (χ0n) is 19.8. The van der Waals surface area contributed by atoms with Crippen LogP contribution in [0.5, 0.6) is 0 Å². The molecule has 11 heteroatoms. The fraction of sp³-hybridized carbons (Fsp3) is 0.875. The molecular formula is C24H37NO10. The van der Waals surface area contributed by atoms with Crippen molar-refractivity contribution in [1.29, 1.82) is 0 Å². The van der Waals surface area contributed by atoms with Crippen molar-refractivity contribution in [2.45, 2.75) is 50.0 Å². The van der Waals surface area contributed by atoms with Crippen LogP contribution in [0.15, 0.2) is 0 Å². The van der Waals surface area contributed by atoms with Crippen LogP contribution in [0.1, 0.15) is 25.7 Å². The van der Waals surface area contributed by atoms with Gasteiger partial charge in [0.05, 0.1) is 70.3 Å². The Morgan fingerprint density at radius 2 is 1.66 bits per heavy atom. The molecule has 35 heavy (non-hydrogen) atoms. The lowest BCUT2D eigenvalue weighted by molar-refractivity contribution is -0.439. The lowest BCUT2D eigenvalue weighted by Gasteiger charge is -2.49. The smallest absolute Gasteiger partial charge is 0.407 e. The molecule has 0 bridgehead atoms. The zero-order valence-corrected chi connectivity index (χ0v) is 19.8.